The Labute approximate surface area is 175 Å². The molecule has 0 spiro atoms. The lowest BCUT2D eigenvalue weighted by Gasteiger charge is -2.05. The van der Waals surface area contributed by atoms with E-state index < -0.39 is 0 Å². The lowest BCUT2D eigenvalue weighted by atomic mass is 10.1. The van der Waals surface area contributed by atoms with Crippen molar-refractivity contribution >= 4 is 34.5 Å². The number of nitrogens with zero attached hydrogens (tertiary/aromatic N) is 2. The van der Waals surface area contributed by atoms with E-state index in [1.165, 1.54) is 6.08 Å². The van der Waals surface area contributed by atoms with Crippen molar-refractivity contribution in [3.05, 3.63) is 71.9 Å². The third kappa shape index (κ3) is 5.15. The Kier molecular flexibility index (Phi) is 7.01. The molecule has 0 fully saturated rings. The van der Waals surface area contributed by atoms with Crippen LogP contribution >= 0.6 is 0 Å². The van der Waals surface area contributed by atoms with Crippen molar-refractivity contribution in [2.75, 3.05) is 11.9 Å². The average molecular weight is 401 g/mol. The number of fused-ring (bicyclic) bond motifs is 1. The number of nitriles is 1. The first kappa shape index (κ1) is 20.9. The molecular weight excluding hydrogens is 378 g/mol. The molecule has 0 aliphatic rings. The van der Waals surface area contributed by atoms with Gasteiger partial charge in [0.25, 0.3) is 0 Å². The maximum absolute atomic E-state index is 12.3. The summed E-state index contributed by atoms with van der Waals surface area (Å²) in [7, 11) is 0. The second-order valence-corrected chi connectivity index (χ2v) is 6.74. The van der Waals surface area contributed by atoms with Gasteiger partial charge in [0.05, 0.1) is 24.7 Å². The van der Waals surface area contributed by atoms with Gasteiger partial charge in [0.2, 0.25) is 5.91 Å². The van der Waals surface area contributed by atoms with E-state index in [4.69, 9.17) is 10.00 Å². The smallest absolute Gasteiger partial charge is 0.338 e. The zero-order chi connectivity index (χ0) is 21.3. The molecule has 1 N–H and O–H groups in total. The topological polar surface area (TPSA) is 84.1 Å². The van der Waals surface area contributed by atoms with Crippen LogP contribution in [0.15, 0.2) is 60.8 Å². The Hall–Kier alpha value is -3.85. The van der Waals surface area contributed by atoms with Crippen LogP contribution in [-0.2, 0) is 16.1 Å². The van der Waals surface area contributed by atoms with E-state index in [0.29, 0.717) is 30.8 Å². The van der Waals surface area contributed by atoms with Crippen molar-refractivity contribution in [1.29, 1.82) is 5.26 Å². The van der Waals surface area contributed by atoms with E-state index in [-0.39, 0.29) is 11.9 Å². The number of esters is 1. The predicted octanol–water partition coefficient (Wildman–Crippen LogP) is 4.77. The number of carbonyl (C=O) groups excluding carboxylic acids is 2. The summed E-state index contributed by atoms with van der Waals surface area (Å²) in [6, 6.07) is 16.6. The second kappa shape index (κ2) is 10.1. The summed E-state index contributed by atoms with van der Waals surface area (Å²) in [6.45, 7) is 2.92. The van der Waals surface area contributed by atoms with Gasteiger partial charge in [0.1, 0.15) is 0 Å². The van der Waals surface area contributed by atoms with Gasteiger partial charge in [-0.05, 0) is 42.8 Å². The fraction of sp³-hybridized carbons (Fsp3) is 0.208. The highest BCUT2D eigenvalue weighted by Gasteiger charge is 2.08. The van der Waals surface area contributed by atoms with Gasteiger partial charge in [-0.1, -0.05) is 25.1 Å². The molecule has 0 saturated carbocycles. The number of para-hydroxylation sites is 1. The Balaban J connectivity index is 1.68. The number of aryl methyl sites for hydroxylation is 1. The summed E-state index contributed by atoms with van der Waals surface area (Å²) in [5.74, 6) is -0.646. The Morgan fingerprint density at radius 3 is 2.67 bits per heavy atom. The minimum Gasteiger partial charge on any atom is -0.462 e. The molecule has 1 amide bonds. The van der Waals surface area contributed by atoms with Crippen LogP contribution in [0.4, 0.5) is 5.69 Å². The van der Waals surface area contributed by atoms with Crippen LogP contribution in [0.1, 0.15) is 35.7 Å². The highest BCUT2D eigenvalue weighted by Crippen LogP contribution is 2.23. The van der Waals surface area contributed by atoms with E-state index in [9.17, 15) is 9.59 Å². The van der Waals surface area contributed by atoms with E-state index in [1.54, 1.807) is 30.3 Å². The average Bonchev–Trinajstić information content (AvgIpc) is 3.13. The Morgan fingerprint density at radius 1 is 1.17 bits per heavy atom. The number of ether oxygens (including phenoxy) is 1. The van der Waals surface area contributed by atoms with Crippen LogP contribution in [0, 0.1) is 11.3 Å². The van der Waals surface area contributed by atoms with Crippen LogP contribution in [0.2, 0.25) is 0 Å². The van der Waals surface area contributed by atoms with Gasteiger partial charge in [0.15, 0.2) is 0 Å². The quantitative estimate of drug-likeness (QED) is 0.435. The number of amides is 1. The SMILES string of the molecule is CCCOC(=O)c1ccc(NC(=O)/C=C/c2cn(CCC#N)c3ccccc23)cc1. The molecule has 6 nitrogen and oxygen atoms in total. The number of carbonyl (C=O) groups is 2. The highest BCUT2D eigenvalue weighted by molar-refractivity contribution is 6.03. The number of nitrogens with one attached hydrogen (secondary N) is 1. The number of benzene rings is 2. The molecule has 0 bridgehead atoms. The highest BCUT2D eigenvalue weighted by atomic mass is 16.5. The van der Waals surface area contributed by atoms with Gasteiger partial charge in [-0.25, -0.2) is 4.79 Å². The molecule has 0 unspecified atom stereocenters. The molecule has 1 heterocycles. The fourth-order valence-electron chi connectivity index (χ4n) is 3.08. The molecule has 0 aliphatic heterocycles. The predicted molar refractivity (Wildman–Crippen MR) is 117 cm³/mol. The normalized spacial score (nSPS) is 10.8. The van der Waals surface area contributed by atoms with Gasteiger partial charge >= 0.3 is 5.97 Å². The van der Waals surface area contributed by atoms with Gasteiger partial charge in [0, 0.05) is 41.0 Å². The molecule has 0 aliphatic carbocycles. The van der Waals surface area contributed by atoms with E-state index >= 15 is 0 Å². The number of aromatic nitrogens is 1. The number of hydrogen-bond acceptors (Lipinski definition) is 4. The molecule has 30 heavy (non-hydrogen) atoms. The van der Waals surface area contributed by atoms with Crippen LogP contribution < -0.4 is 5.32 Å². The molecule has 0 saturated heterocycles. The van der Waals surface area contributed by atoms with Crippen molar-refractivity contribution in [3.8, 4) is 6.07 Å². The minimum absolute atomic E-state index is 0.273. The molecule has 3 aromatic rings. The summed E-state index contributed by atoms with van der Waals surface area (Å²) in [5.41, 5.74) is 2.97. The minimum atomic E-state index is -0.373. The Bertz CT molecular complexity index is 1100. The monoisotopic (exact) mass is 401 g/mol. The molecule has 0 atom stereocenters. The molecule has 6 heteroatoms. The van der Waals surface area contributed by atoms with Gasteiger partial charge in [-0.2, -0.15) is 5.26 Å². The standard InChI is InChI=1S/C24H23N3O3/c1-2-16-30-24(29)18-8-11-20(12-9-18)26-23(28)13-10-19-17-27(15-5-14-25)22-7-4-3-6-21(19)22/h3-4,6-13,17H,2,5,15-16H2,1H3,(H,26,28)/b13-10+. The lowest BCUT2D eigenvalue weighted by Crippen LogP contribution is -2.09. The first-order chi connectivity index (χ1) is 14.6. The van der Waals surface area contributed by atoms with E-state index in [0.717, 1.165) is 22.9 Å². The van der Waals surface area contributed by atoms with Crippen LogP contribution in [0.3, 0.4) is 0 Å². The van der Waals surface area contributed by atoms with Crippen molar-refractivity contribution in [1.82, 2.24) is 4.57 Å². The van der Waals surface area contributed by atoms with Crippen LogP contribution in [0.5, 0.6) is 0 Å². The van der Waals surface area contributed by atoms with Crippen LogP contribution in [-0.4, -0.2) is 23.1 Å². The van der Waals surface area contributed by atoms with Crippen LogP contribution in [0.25, 0.3) is 17.0 Å². The van der Waals surface area contributed by atoms with Gasteiger partial charge < -0.3 is 14.6 Å². The first-order valence-corrected chi connectivity index (χ1v) is 9.83. The van der Waals surface area contributed by atoms with Crippen molar-refractivity contribution in [2.45, 2.75) is 26.3 Å². The maximum atomic E-state index is 12.3. The van der Waals surface area contributed by atoms with Gasteiger partial charge in [-0.3, -0.25) is 4.79 Å². The molecule has 1 aromatic heterocycles. The maximum Gasteiger partial charge on any atom is 0.338 e. The van der Waals surface area contributed by atoms with Crippen molar-refractivity contribution < 1.29 is 14.3 Å². The van der Waals surface area contributed by atoms with E-state index in [2.05, 4.69) is 11.4 Å². The van der Waals surface area contributed by atoms with Crippen molar-refractivity contribution in [3.63, 3.8) is 0 Å². The second-order valence-electron chi connectivity index (χ2n) is 6.74. The zero-order valence-corrected chi connectivity index (χ0v) is 16.8. The molecule has 0 radical (unpaired) electrons. The molecule has 2 aromatic carbocycles. The summed E-state index contributed by atoms with van der Waals surface area (Å²) < 4.78 is 7.11. The zero-order valence-electron chi connectivity index (χ0n) is 16.8. The summed E-state index contributed by atoms with van der Waals surface area (Å²) in [6.07, 6.45) is 6.37. The molecule has 152 valence electrons. The van der Waals surface area contributed by atoms with E-state index in [1.807, 2.05) is 42.0 Å². The largest absolute Gasteiger partial charge is 0.462 e. The summed E-state index contributed by atoms with van der Waals surface area (Å²) in [4.78, 5) is 24.2. The number of hydrogen-bond donors (Lipinski definition) is 1. The Morgan fingerprint density at radius 2 is 1.93 bits per heavy atom. The lowest BCUT2D eigenvalue weighted by molar-refractivity contribution is -0.111. The number of rotatable bonds is 8. The third-order valence-electron chi connectivity index (χ3n) is 4.52. The fourth-order valence-corrected chi connectivity index (χ4v) is 3.08. The van der Waals surface area contributed by atoms with Gasteiger partial charge in [-0.15, -0.1) is 0 Å². The van der Waals surface area contributed by atoms with Crippen molar-refractivity contribution in [2.24, 2.45) is 0 Å². The first-order valence-electron chi connectivity index (χ1n) is 9.83. The molecular formula is C24H23N3O3. The summed E-state index contributed by atoms with van der Waals surface area (Å²) in [5, 5.41) is 12.7. The molecule has 3 rings (SSSR count). The third-order valence-corrected chi connectivity index (χ3v) is 4.52. The summed E-state index contributed by atoms with van der Waals surface area (Å²) >= 11 is 0. The number of anilines is 1.